The lowest BCUT2D eigenvalue weighted by molar-refractivity contribution is -0.125. The van der Waals surface area contributed by atoms with Crippen molar-refractivity contribution < 1.29 is 19.1 Å². The zero-order valence-corrected chi connectivity index (χ0v) is 19.2. The summed E-state index contributed by atoms with van der Waals surface area (Å²) in [7, 11) is 0. The third-order valence-electron chi connectivity index (χ3n) is 4.48. The number of hydrogen-bond acceptors (Lipinski definition) is 4. The molecule has 0 atom stereocenters. The molecule has 0 fully saturated rings. The van der Waals surface area contributed by atoms with Gasteiger partial charge in [0.25, 0.3) is 0 Å². The van der Waals surface area contributed by atoms with Crippen LogP contribution in [-0.2, 0) is 20.7 Å². The minimum Gasteiger partial charge on any atom is -0.444 e. The smallest absolute Gasteiger partial charge is 0.412 e. The highest BCUT2D eigenvalue weighted by atomic mass is 16.6. The first-order chi connectivity index (χ1) is 14.1. The Labute approximate surface area is 181 Å². The van der Waals surface area contributed by atoms with Gasteiger partial charge in [-0.15, -0.1) is 0 Å². The highest BCUT2D eigenvalue weighted by Gasteiger charge is 2.18. The van der Waals surface area contributed by atoms with Crippen LogP contribution in [0.15, 0.2) is 18.2 Å². The fraction of sp³-hybridized carbons (Fsp3) is 0.625. The summed E-state index contributed by atoms with van der Waals surface area (Å²) in [6.45, 7) is 9.59. The lowest BCUT2D eigenvalue weighted by Crippen LogP contribution is -2.27. The average molecular weight is 419 g/mol. The first kappa shape index (κ1) is 25.7. The van der Waals surface area contributed by atoms with Crippen molar-refractivity contribution in [2.75, 3.05) is 10.6 Å². The van der Waals surface area contributed by atoms with Crippen LogP contribution in [0.2, 0.25) is 0 Å². The average Bonchev–Trinajstić information content (AvgIpc) is 2.62. The quantitative estimate of drug-likeness (QED) is 0.311. The Balaban J connectivity index is 2.88. The van der Waals surface area contributed by atoms with Crippen LogP contribution in [0.4, 0.5) is 16.2 Å². The van der Waals surface area contributed by atoms with Crippen LogP contribution in [0, 0.1) is 0 Å². The van der Waals surface area contributed by atoms with Gasteiger partial charge in [-0.2, -0.15) is 0 Å². The summed E-state index contributed by atoms with van der Waals surface area (Å²) in [4.78, 5) is 36.6. The van der Waals surface area contributed by atoms with E-state index in [4.69, 9.17) is 4.74 Å². The summed E-state index contributed by atoms with van der Waals surface area (Å²) in [5.74, 6) is -0.434. The molecule has 0 aliphatic carbocycles. The van der Waals surface area contributed by atoms with Crippen molar-refractivity contribution in [3.05, 3.63) is 23.8 Å². The maximum Gasteiger partial charge on any atom is 0.412 e. The first-order valence-electron chi connectivity index (χ1n) is 11.1. The fourth-order valence-electron chi connectivity index (χ4n) is 2.99. The largest absolute Gasteiger partial charge is 0.444 e. The summed E-state index contributed by atoms with van der Waals surface area (Å²) in [5, 5.41) is 5.50. The third-order valence-corrected chi connectivity index (χ3v) is 4.48. The second-order valence-electron chi connectivity index (χ2n) is 8.68. The van der Waals surface area contributed by atoms with Crippen LogP contribution >= 0.6 is 0 Å². The van der Waals surface area contributed by atoms with Gasteiger partial charge in [-0.25, -0.2) is 4.79 Å². The Hall–Kier alpha value is -2.37. The van der Waals surface area contributed by atoms with E-state index in [9.17, 15) is 14.4 Å². The number of amides is 2. The predicted octanol–water partition coefficient (Wildman–Crippen LogP) is 6.24. The van der Waals surface area contributed by atoms with E-state index < -0.39 is 11.7 Å². The van der Waals surface area contributed by atoms with E-state index in [1.54, 1.807) is 26.8 Å². The fourth-order valence-corrected chi connectivity index (χ4v) is 2.99. The van der Waals surface area contributed by atoms with E-state index in [-0.39, 0.29) is 18.1 Å². The molecule has 0 bridgehead atoms. The lowest BCUT2D eigenvalue weighted by Gasteiger charge is -2.21. The van der Waals surface area contributed by atoms with Gasteiger partial charge in [0.1, 0.15) is 11.4 Å². The molecule has 6 nitrogen and oxygen atoms in total. The molecule has 0 saturated heterocycles. The van der Waals surface area contributed by atoms with Crippen molar-refractivity contribution in [2.24, 2.45) is 0 Å². The molecule has 1 aromatic rings. The van der Waals surface area contributed by atoms with Crippen LogP contribution in [-0.4, -0.2) is 23.4 Å². The SMILES string of the molecule is CCCCCC(=O)CC(=O)Nc1cc(CCCCC)ccc1NC(=O)OC(C)(C)C. The van der Waals surface area contributed by atoms with Gasteiger partial charge in [0.05, 0.1) is 17.8 Å². The number of nitrogens with one attached hydrogen (secondary N) is 2. The molecule has 30 heavy (non-hydrogen) atoms. The van der Waals surface area contributed by atoms with E-state index in [1.165, 1.54) is 0 Å². The van der Waals surface area contributed by atoms with Crippen molar-refractivity contribution in [1.29, 1.82) is 0 Å². The molecule has 2 N–H and O–H groups in total. The van der Waals surface area contributed by atoms with Crippen molar-refractivity contribution in [3.8, 4) is 0 Å². The number of aryl methyl sites for hydroxylation is 1. The molecule has 0 heterocycles. The minimum absolute atomic E-state index is 0.0679. The maximum atomic E-state index is 12.4. The minimum atomic E-state index is -0.626. The lowest BCUT2D eigenvalue weighted by atomic mass is 10.1. The van der Waals surface area contributed by atoms with Gasteiger partial charge in [0, 0.05) is 6.42 Å². The van der Waals surface area contributed by atoms with Crippen LogP contribution < -0.4 is 10.6 Å². The third kappa shape index (κ3) is 11.0. The van der Waals surface area contributed by atoms with E-state index in [0.717, 1.165) is 50.5 Å². The van der Waals surface area contributed by atoms with Gasteiger partial charge < -0.3 is 10.1 Å². The van der Waals surface area contributed by atoms with E-state index in [1.807, 2.05) is 12.1 Å². The zero-order chi connectivity index (χ0) is 22.6. The van der Waals surface area contributed by atoms with Gasteiger partial charge in [-0.05, 0) is 57.7 Å². The molecule has 0 saturated carbocycles. The number of ether oxygens (including phenoxy) is 1. The van der Waals surface area contributed by atoms with Crippen LogP contribution in [0.1, 0.15) is 91.5 Å². The molecule has 0 aromatic heterocycles. The van der Waals surface area contributed by atoms with E-state index >= 15 is 0 Å². The summed E-state index contributed by atoms with van der Waals surface area (Å²) in [6, 6.07) is 5.57. The molecule has 0 spiro atoms. The number of ketones is 1. The number of unbranched alkanes of at least 4 members (excludes halogenated alkanes) is 4. The highest BCUT2D eigenvalue weighted by molar-refractivity contribution is 6.06. The molecule has 1 aromatic carbocycles. The molecule has 6 heteroatoms. The standard InChI is InChI=1S/C24H38N2O4/c1-6-8-10-12-18-14-15-20(26-23(29)30-24(3,4)5)21(16-18)25-22(28)17-19(27)13-11-9-7-2/h14-16H,6-13,17H2,1-5H3,(H,25,28)(H,26,29). The Morgan fingerprint density at radius 2 is 1.57 bits per heavy atom. The normalized spacial score (nSPS) is 11.1. The molecule has 2 amide bonds. The number of anilines is 2. The Morgan fingerprint density at radius 1 is 0.900 bits per heavy atom. The zero-order valence-electron chi connectivity index (χ0n) is 19.2. The second-order valence-corrected chi connectivity index (χ2v) is 8.68. The van der Waals surface area contributed by atoms with Crippen LogP contribution in [0.3, 0.4) is 0 Å². The van der Waals surface area contributed by atoms with Gasteiger partial charge in [-0.3, -0.25) is 14.9 Å². The summed E-state index contributed by atoms with van der Waals surface area (Å²) >= 11 is 0. The number of Topliss-reactive ketones (excluding diaryl/α,β-unsaturated/α-hetero) is 1. The van der Waals surface area contributed by atoms with Gasteiger partial charge >= 0.3 is 6.09 Å². The first-order valence-corrected chi connectivity index (χ1v) is 11.1. The molecule has 0 aliphatic heterocycles. The number of rotatable bonds is 12. The Kier molecular flexibility index (Phi) is 11.2. The molecule has 0 unspecified atom stereocenters. The summed E-state index contributed by atoms with van der Waals surface area (Å²) in [6.07, 6.45) is 6.69. The van der Waals surface area contributed by atoms with Crippen molar-refractivity contribution >= 4 is 29.2 Å². The number of carbonyl (C=O) groups excluding carboxylic acids is 3. The van der Waals surface area contributed by atoms with Gasteiger partial charge in [-0.1, -0.05) is 45.6 Å². The topological polar surface area (TPSA) is 84.5 Å². The number of carbonyl (C=O) groups is 3. The van der Waals surface area contributed by atoms with Gasteiger partial charge in [0.2, 0.25) is 5.91 Å². The maximum absolute atomic E-state index is 12.4. The highest BCUT2D eigenvalue weighted by Crippen LogP contribution is 2.25. The predicted molar refractivity (Wildman–Crippen MR) is 122 cm³/mol. The van der Waals surface area contributed by atoms with Crippen molar-refractivity contribution in [3.63, 3.8) is 0 Å². The summed E-state index contributed by atoms with van der Waals surface area (Å²) < 4.78 is 5.31. The van der Waals surface area contributed by atoms with Gasteiger partial charge in [0.15, 0.2) is 0 Å². The van der Waals surface area contributed by atoms with E-state index in [0.29, 0.717) is 17.8 Å². The molecule has 1 rings (SSSR count). The molecular formula is C24H38N2O4. The van der Waals surface area contributed by atoms with Crippen LogP contribution in [0.5, 0.6) is 0 Å². The van der Waals surface area contributed by atoms with E-state index in [2.05, 4.69) is 24.5 Å². The molecule has 0 aliphatic rings. The van der Waals surface area contributed by atoms with Crippen molar-refractivity contribution in [1.82, 2.24) is 0 Å². The molecular weight excluding hydrogens is 380 g/mol. The molecule has 168 valence electrons. The second kappa shape index (κ2) is 13.0. The Morgan fingerprint density at radius 3 is 2.20 bits per heavy atom. The van der Waals surface area contributed by atoms with Crippen molar-refractivity contribution in [2.45, 2.75) is 98.0 Å². The molecule has 0 radical (unpaired) electrons. The number of hydrogen-bond donors (Lipinski definition) is 2. The monoisotopic (exact) mass is 418 g/mol. The van der Waals surface area contributed by atoms with Crippen LogP contribution in [0.25, 0.3) is 0 Å². The number of benzene rings is 1. The Bertz CT molecular complexity index is 708. The summed E-state index contributed by atoms with van der Waals surface area (Å²) in [5.41, 5.74) is 1.39.